The number of quaternary nitrogens is 1. The molecule has 0 radical (unpaired) electrons. The molecule has 0 aliphatic heterocycles. The fourth-order valence-electron chi connectivity index (χ4n) is 10.5. The molecule has 510 valence electrons. The molecule has 0 spiro atoms. The van der Waals surface area contributed by atoms with Gasteiger partial charge in [-0.3, -0.25) is 18.6 Å². The second kappa shape index (κ2) is 68.3. The summed E-state index contributed by atoms with van der Waals surface area (Å²) in [4.78, 5) is 35.9. The molecule has 0 fully saturated rings. The Labute approximate surface area is 544 Å². The number of hydrogen-bond acceptors (Lipinski definition) is 7. The molecule has 0 aromatic rings. The molecule has 0 heterocycles. The van der Waals surface area contributed by atoms with Crippen molar-refractivity contribution in [2.45, 2.75) is 341 Å². The zero-order chi connectivity index (χ0) is 64.1. The first kappa shape index (κ1) is 84.9. The third-order valence-electron chi connectivity index (χ3n) is 16.1. The van der Waals surface area contributed by atoms with Crippen molar-refractivity contribution in [3.63, 3.8) is 0 Å². The minimum Gasteiger partial charge on any atom is -0.462 e. The summed E-state index contributed by atoms with van der Waals surface area (Å²) >= 11 is 0. The molecule has 0 saturated heterocycles. The minimum atomic E-state index is -4.40. The number of ether oxygens (including phenoxy) is 2. The van der Waals surface area contributed by atoms with Crippen molar-refractivity contribution < 1.29 is 42.1 Å². The van der Waals surface area contributed by atoms with Crippen molar-refractivity contribution in [1.82, 2.24) is 0 Å². The van der Waals surface area contributed by atoms with Gasteiger partial charge in [-0.25, -0.2) is 4.57 Å². The number of phosphoric acid groups is 1. The number of carbonyl (C=O) groups is 2. The van der Waals surface area contributed by atoms with E-state index in [0.29, 0.717) is 17.4 Å². The molecule has 1 N–H and O–H groups in total. The maximum atomic E-state index is 12.9. The topological polar surface area (TPSA) is 108 Å². The Kier molecular flexibility index (Phi) is 65.9. The molecule has 9 nitrogen and oxygen atoms in total. The Morgan fingerprint density at radius 2 is 0.648 bits per heavy atom. The van der Waals surface area contributed by atoms with E-state index in [-0.39, 0.29) is 32.0 Å². The van der Waals surface area contributed by atoms with E-state index in [1.54, 1.807) is 0 Å². The number of likely N-dealkylation sites (N-methyl/N-ethyl adjacent to an activating group) is 1. The second-order valence-corrected chi connectivity index (χ2v) is 27.4. The van der Waals surface area contributed by atoms with Crippen LogP contribution in [0, 0.1) is 0 Å². The average molecular weight is 1250 g/mol. The second-order valence-electron chi connectivity index (χ2n) is 26.0. The molecule has 0 saturated carbocycles. The lowest BCUT2D eigenvalue weighted by molar-refractivity contribution is -0.870. The highest BCUT2D eigenvalue weighted by Crippen LogP contribution is 2.43. The van der Waals surface area contributed by atoms with Crippen LogP contribution in [-0.2, 0) is 32.7 Å². The first-order valence-corrected chi connectivity index (χ1v) is 38.5. The molecule has 88 heavy (non-hydrogen) atoms. The monoisotopic (exact) mass is 1250 g/mol. The molecular formula is C78H141NO8P+. The van der Waals surface area contributed by atoms with Crippen LogP contribution in [0.15, 0.2) is 97.2 Å². The van der Waals surface area contributed by atoms with Gasteiger partial charge in [0.05, 0.1) is 27.7 Å². The smallest absolute Gasteiger partial charge is 0.462 e. The lowest BCUT2D eigenvalue weighted by Gasteiger charge is -2.24. The summed E-state index contributed by atoms with van der Waals surface area (Å²) in [6, 6.07) is 0. The van der Waals surface area contributed by atoms with Crippen molar-refractivity contribution in [2.75, 3.05) is 47.5 Å². The number of hydrogen-bond donors (Lipinski definition) is 1. The predicted molar refractivity (Wildman–Crippen MR) is 381 cm³/mol. The highest BCUT2D eigenvalue weighted by Gasteiger charge is 2.27. The van der Waals surface area contributed by atoms with Gasteiger partial charge in [0, 0.05) is 12.8 Å². The number of rotatable bonds is 68. The Morgan fingerprint density at radius 1 is 0.364 bits per heavy atom. The van der Waals surface area contributed by atoms with E-state index in [1.807, 2.05) is 21.1 Å². The summed E-state index contributed by atoms with van der Waals surface area (Å²) < 4.78 is 34.8. The number of phosphoric ester groups is 1. The summed E-state index contributed by atoms with van der Waals surface area (Å²) in [5.74, 6) is -0.797. The van der Waals surface area contributed by atoms with Crippen molar-refractivity contribution in [2.24, 2.45) is 0 Å². The van der Waals surface area contributed by atoms with Gasteiger partial charge in [-0.15, -0.1) is 0 Å². The normalized spacial score (nSPS) is 13.7. The van der Waals surface area contributed by atoms with Crippen LogP contribution in [0.4, 0.5) is 0 Å². The molecule has 0 aliphatic rings. The first-order valence-electron chi connectivity index (χ1n) is 37.0. The fraction of sp³-hybridized carbons (Fsp3) is 0.769. The van der Waals surface area contributed by atoms with Gasteiger partial charge >= 0.3 is 19.8 Å². The van der Waals surface area contributed by atoms with Gasteiger partial charge in [0.25, 0.3) is 0 Å². The van der Waals surface area contributed by atoms with Crippen LogP contribution in [0.3, 0.4) is 0 Å². The molecule has 0 aromatic heterocycles. The number of carbonyl (C=O) groups excluding carboxylic acids is 2. The van der Waals surface area contributed by atoms with Crippen molar-refractivity contribution in [3.8, 4) is 0 Å². The molecular weight excluding hydrogens is 1110 g/mol. The van der Waals surface area contributed by atoms with Crippen molar-refractivity contribution >= 4 is 19.8 Å². The van der Waals surface area contributed by atoms with E-state index in [9.17, 15) is 19.0 Å². The van der Waals surface area contributed by atoms with Gasteiger partial charge in [-0.2, -0.15) is 0 Å². The standard InChI is InChI=1S/C78H140NO8P/c1-6-8-10-12-14-16-18-20-22-24-26-28-30-32-34-36-38-39-41-43-45-47-49-51-53-55-57-59-61-63-65-67-69-71-78(81)87-76(75-86-88(82,83)85-73-72-79(3,4)5)74-84-77(80)70-68-66-64-62-60-58-56-54-52-50-48-46-44-42-40-37-35-33-31-29-27-25-23-21-19-17-15-13-11-9-7-2/h8,10,14,16,20,22,26,28,32,34,38-39,43,45,49,51,76H,6-7,9,11-13,15,17-19,21,23-25,27,29-31,33,35-37,40-42,44,46-48,50,52-75H2,1-5H3/p+1/b10-8-,16-14-,22-20-,28-26-,34-32-,39-38-,45-43-,51-49-. The average Bonchev–Trinajstić information content (AvgIpc) is 3.56. The number of esters is 2. The Morgan fingerprint density at radius 3 is 0.966 bits per heavy atom. The number of unbranched alkanes of at least 4 members (excludes halogenated alkanes) is 38. The van der Waals surface area contributed by atoms with E-state index in [0.717, 1.165) is 96.3 Å². The Hall–Kier alpha value is -3.07. The van der Waals surface area contributed by atoms with Gasteiger partial charge in [0.2, 0.25) is 0 Å². The molecule has 0 amide bonds. The van der Waals surface area contributed by atoms with Crippen LogP contribution >= 0.6 is 7.82 Å². The maximum Gasteiger partial charge on any atom is 0.472 e. The van der Waals surface area contributed by atoms with Crippen LogP contribution in [-0.4, -0.2) is 74.9 Å². The van der Waals surface area contributed by atoms with Crippen molar-refractivity contribution in [1.29, 1.82) is 0 Å². The summed E-state index contributed by atoms with van der Waals surface area (Å²) in [5, 5.41) is 0. The third kappa shape index (κ3) is 72.0. The molecule has 10 heteroatoms. The number of nitrogens with zero attached hydrogens (tertiary/aromatic N) is 1. The van der Waals surface area contributed by atoms with Crippen LogP contribution in [0.5, 0.6) is 0 Å². The number of allylic oxidation sites excluding steroid dienone is 16. The molecule has 0 aromatic carbocycles. The fourth-order valence-corrected chi connectivity index (χ4v) is 11.2. The Balaban J connectivity index is 4.05. The van der Waals surface area contributed by atoms with E-state index in [2.05, 4.69) is 111 Å². The maximum absolute atomic E-state index is 12.9. The highest BCUT2D eigenvalue weighted by atomic mass is 31.2. The molecule has 2 unspecified atom stereocenters. The summed E-state index contributed by atoms with van der Waals surface area (Å²) in [6.07, 6.45) is 95.3. The van der Waals surface area contributed by atoms with E-state index in [1.165, 1.54) is 205 Å². The van der Waals surface area contributed by atoms with E-state index < -0.39 is 26.5 Å². The summed E-state index contributed by atoms with van der Waals surface area (Å²) in [5.41, 5.74) is 0. The lowest BCUT2D eigenvalue weighted by Crippen LogP contribution is -2.37. The molecule has 2 atom stereocenters. The van der Waals surface area contributed by atoms with E-state index >= 15 is 0 Å². The SMILES string of the molecule is CC/C=C\C/C=C\C/C=C\C/C=C\C/C=C\C/C=C\C/C=C\C/C=C\CCCCCCCCCCC(=O)OC(COC(=O)CCCCCCCCCCCCCCCCCCCCCCCCCCCCCCCCC)COP(=O)(O)OCC[N+](C)(C)C. The zero-order valence-electron chi connectivity index (χ0n) is 58.2. The molecule has 0 aliphatic carbocycles. The van der Waals surface area contributed by atoms with Gasteiger partial charge in [0.1, 0.15) is 19.8 Å². The minimum absolute atomic E-state index is 0.0273. The zero-order valence-corrected chi connectivity index (χ0v) is 59.1. The predicted octanol–water partition coefficient (Wildman–Crippen LogP) is 24.3. The van der Waals surface area contributed by atoms with Crippen LogP contribution in [0.25, 0.3) is 0 Å². The van der Waals surface area contributed by atoms with Gasteiger partial charge < -0.3 is 18.9 Å². The first-order chi connectivity index (χ1) is 43.0. The Bertz CT molecular complexity index is 1810. The largest absolute Gasteiger partial charge is 0.472 e. The van der Waals surface area contributed by atoms with Crippen molar-refractivity contribution in [3.05, 3.63) is 97.2 Å². The summed E-state index contributed by atoms with van der Waals surface area (Å²) in [7, 11) is 1.47. The van der Waals surface area contributed by atoms with Gasteiger partial charge in [-0.05, 0) is 77.0 Å². The van der Waals surface area contributed by atoms with Gasteiger partial charge in [-0.1, -0.05) is 342 Å². The summed E-state index contributed by atoms with van der Waals surface area (Å²) in [6.45, 7) is 4.35. The van der Waals surface area contributed by atoms with Crippen LogP contribution < -0.4 is 0 Å². The van der Waals surface area contributed by atoms with Gasteiger partial charge in [0.15, 0.2) is 6.10 Å². The molecule has 0 rings (SSSR count). The lowest BCUT2D eigenvalue weighted by atomic mass is 10.0. The quantitative estimate of drug-likeness (QED) is 0.0211. The highest BCUT2D eigenvalue weighted by molar-refractivity contribution is 7.47. The van der Waals surface area contributed by atoms with Crippen LogP contribution in [0.2, 0.25) is 0 Å². The van der Waals surface area contributed by atoms with E-state index in [4.69, 9.17) is 18.5 Å². The third-order valence-corrected chi connectivity index (χ3v) is 17.1. The van der Waals surface area contributed by atoms with Crippen LogP contribution in [0.1, 0.15) is 335 Å². The molecule has 0 bridgehead atoms.